The monoisotopic (exact) mass is 700 g/mol. The van der Waals surface area contributed by atoms with Crippen LogP contribution in [-0.4, -0.2) is 48.6 Å². The van der Waals surface area contributed by atoms with Gasteiger partial charge in [0.15, 0.2) is 4.80 Å². The van der Waals surface area contributed by atoms with Crippen molar-refractivity contribution in [3.05, 3.63) is 119 Å². The van der Waals surface area contributed by atoms with Gasteiger partial charge in [0.05, 0.1) is 43.3 Å². The van der Waals surface area contributed by atoms with Crippen molar-refractivity contribution in [2.45, 2.75) is 33.4 Å². The molecule has 0 unspecified atom stereocenters. The fraction of sp³-hybridized carbons (Fsp3) is 0.257. The van der Waals surface area contributed by atoms with Crippen LogP contribution >= 0.6 is 27.3 Å². The van der Waals surface area contributed by atoms with Gasteiger partial charge < -0.3 is 19.3 Å². The molecule has 0 bridgehead atoms. The highest BCUT2D eigenvalue weighted by atomic mass is 79.9. The number of rotatable bonds is 8. The molecule has 0 N–H and O–H groups in total. The van der Waals surface area contributed by atoms with Crippen molar-refractivity contribution in [3.8, 4) is 11.5 Å². The third-order valence-corrected chi connectivity index (χ3v) is 9.94. The van der Waals surface area contributed by atoms with E-state index in [9.17, 15) is 14.4 Å². The molecule has 2 aliphatic heterocycles. The smallest absolute Gasteiger partial charge is 0.271 e. The first-order chi connectivity index (χ1) is 22.2. The maximum absolute atomic E-state index is 14.7. The zero-order valence-electron chi connectivity index (χ0n) is 26.2. The number of halogens is 1. The Labute approximate surface area is 278 Å². The highest BCUT2D eigenvalue weighted by Gasteiger charge is 2.39. The van der Waals surface area contributed by atoms with Crippen LogP contribution in [0.4, 0.5) is 5.69 Å². The summed E-state index contributed by atoms with van der Waals surface area (Å²) in [7, 11) is 3.11. The predicted molar refractivity (Wildman–Crippen MR) is 182 cm³/mol. The molecule has 3 heterocycles. The van der Waals surface area contributed by atoms with Gasteiger partial charge in [-0.2, -0.15) is 0 Å². The fourth-order valence-corrected chi connectivity index (χ4v) is 7.62. The zero-order chi connectivity index (χ0) is 32.7. The summed E-state index contributed by atoms with van der Waals surface area (Å²) in [6.45, 7) is 6.93. The molecular weight excluding hydrogens is 668 g/mol. The molecule has 9 nitrogen and oxygen atoms in total. The van der Waals surface area contributed by atoms with Gasteiger partial charge in [0.25, 0.3) is 17.4 Å². The number of carbonyl (C=O) groups is 2. The van der Waals surface area contributed by atoms with Gasteiger partial charge in [0.1, 0.15) is 22.1 Å². The summed E-state index contributed by atoms with van der Waals surface area (Å²) in [5, 5.41) is 0. The van der Waals surface area contributed by atoms with E-state index in [0.29, 0.717) is 63.9 Å². The Morgan fingerprint density at radius 1 is 1.00 bits per heavy atom. The molecule has 2 amide bonds. The molecule has 1 aromatic heterocycles. The largest absolute Gasteiger partial charge is 0.497 e. The fourth-order valence-electron chi connectivity index (χ4n) is 6.12. The lowest BCUT2D eigenvalue weighted by atomic mass is 9.93. The van der Waals surface area contributed by atoms with Crippen molar-refractivity contribution in [2.24, 2.45) is 4.99 Å². The van der Waals surface area contributed by atoms with Crippen LogP contribution < -0.4 is 29.3 Å². The van der Waals surface area contributed by atoms with Crippen molar-refractivity contribution in [2.75, 3.05) is 32.2 Å². The summed E-state index contributed by atoms with van der Waals surface area (Å²) in [4.78, 5) is 51.7. The number of carbonyl (C=O) groups excluding carboxylic acids is 2. The molecule has 1 atom stereocenters. The number of nitrogens with zero attached hydrogens (tertiary/aromatic N) is 4. The van der Waals surface area contributed by atoms with Crippen molar-refractivity contribution >= 4 is 50.3 Å². The van der Waals surface area contributed by atoms with Crippen molar-refractivity contribution < 1.29 is 19.1 Å². The van der Waals surface area contributed by atoms with Gasteiger partial charge in [-0.3, -0.25) is 19.0 Å². The number of anilines is 1. The average Bonchev–Trinajstić information content (AvgIpc) is 3.52. The molecule has 236 valence electrons. The van der Waals surface area contributed by atoms with E-state index in [4.69, 9.17) is 14.5 Å². The Morgan fingerprint density at radius 3 is 2.41 bits per heavy atom. The minimum atomic E-state index is -0.873. The number of likely N-dealkylation sites (N-methyl/N-ethyl adjacent to an activating group) is 1. The van der Waals surface area contributed by atoms with Gasteiger partial charge in [-0.15, -0.1) is 0 Å². The van der Waals surface area contributed by atoms with Crippen LogP contribution in [0.25, 0.3) is 5.57 Å². The van der Waals surface area contributed by atoms with Crippen LogP contribution in [-0.2, 0) is 16.1 Å². The molecule has 4 aromatic rings. The Morgan fingerprint density at radius 2 is 1.74 bits per heavy atom. The number of methoxy groups -OCH3 is 2. The summed E-state index contributed by atoms with van der Waals surface area (Å²) in [5.74, 6) is 0.544. The van der Waals surface area contributed by atoms with Gasteiger partial charge in [-0.25, -0.2) is 4.99 Å². The molecule has 6 rings (SSSR count). The second-order valence-corrected chi connectivity index (χ2v) is 12.8. The van der Waals surface area contributed by atoms with Gasteiger partial charge in [0, 0.05) is 28.7 Å². The van der Waals surface area contributed by atoms with E-state index in [-0.39, 0.29) is 16.3 Å². The van der Waals surface area contributed by atoms with Crippen LogP contribution in [0.1, 0.15) is 43.5 Å². The number of aromatic nitrogens is 1. The van der Waals surface area contributed by atoms with Crippen LogP contribution in [0, 0.1) is 0 Å². The Kier molecular flexibility index (Phi) is 8.71. The van der Waals surface area contributed by atoms with Gasteiger partial charge >= 0.3 is 0 Å². The summed E-state index contributed by atoms with van der Waals surface area (Å²) >= 11 is 4.71. The van der Waals surface area contributed by atoms with E-state index < -0.39 is 11.6 Å². The Hall–Kier alpha value is -4.48. The molecule has 46 heavy (non-hydrogen) atoms. The van der Waals surface area contributed by atoms with Gasteiger partial charge in [0.2, 0.25) is 0 Å². The van der Waals surface area contributed by atoms with Crippen LogP contribution in [0.3, 0.4) is 0 Å². The molecule has 0 radical (unpaired) electrons. The molecule has 0 aliphatic carbocycles. The second-order valence-electron chi connectivity index (χ2n) is 10.9. The van der Waals surface area contributed by atoms with Crippen LogP contribution in [0.2, 0.25) is 0 Å². The molecule has 0 saturated carbocycles. The normalized spacial score (nSPS) is 16.6. The number of amides is 2. The summed E-state index contributed by atoms with van der Waals surface area (Å²) in [6, 6.07) is 19.8. The number of hydrogen-bond acceptors (Lipinski definition) is 7. The maximum atomic E-state index is 14.7. The third kappa shape index (κ3) is 5.27. The first kappa shape index (κ1) is 31.5. The van der Waals surface area contributed by atoms with Gasteiger partial charge in [-0.05, 0) is 62.7 Å². The quantitative estimate of drug-likeness (QED) is 0.263. The Bertz CT molecular complexity index is 2080. The van der Waals surface area contributed by atoms with Crippen molar-refractivity contribution in [1.29, 1.82) is 0 Å². The van der Waals surface area contributed by atoms with Crippen molar-refractivity contribution in [1.82, 2.24) is 9.47 Å². The standard InChI is InChI=1S/C35H33BrN4O5S/c1-6-38(7-2)32(41)28-20(3)37-35-40(30(28)25-18-23(44-4)14-16-27(25)45-5)34(43)31(46-35)29-24-17-22(36)13-15-26(24)39(33(29)42)19-21-11-9-8-10-12-21/h8-18,30H,6-7,19H2,1-5H3/b31-29+/t30-/m1/s1. The number of ether oxygens (including phenoxy) is 2. The maximum Gasteiger partial charge on any atom is 0.271 e. The molecule has 11 heteroatoms. The Balaban J connectivity index is 1.64. The number of hydrogen-bond donors (Lipinski definition) is 0. The van der Waals surface area contributed by atoms with Crippen LogP contribution in [0.5, 0.6) is 11.5 Å². The molecule has 0 spiro atoms. The number of fused-ring (bicyclic) bond motifs is 2. The molecule has 0 saturated heterocycles. The minimum absolute atomic E-state index is 0.223. The summed E-state index contributed by atoms with van der Waals surface area (Å²) in [6.07, 6.45) is 0. The summed E-state index contributed by atoms with van der Waals surface area (Å²) in [5.41, 5.74) is 3.69. The minimum Gasteiger partial charge on any atom is -0.497 e. The number of allylic oxidation sites excluding steroid dienone is 1. The molecule has 2 aliphatic rings. The highest BCUT2D eigenvalue weighted by molar-refractivity contribution is 9.10. The lowest BCUT2D eigenvalue weighted by Gasteiger charge is -2.30. The van der Waals surface area contributed by atoms with Gasteiger partial charge in [-0.1, -0.05) is 57.6 Å². The van der Waals surface area contributed by atoms with E-state index in [2.05, 4.69) is 15.9 Å². The van der Waals surface area contributed by atoms with E-state index in [1.54, 1.807) is 49.1 Å². The second kappa shape index (κ2) is 12.7. The third-order valence-electron chi connectivity index (χ3n) is 8.40. The van der Waals surface area contributed by atoms with E-state index in [1.165, 1.54) is 4.57 Å². The van der Waals surface area contributed by atoms with Crippen LogP contribution in [0.15, 0.2) is 92.3 Å². The zero-order valence-corrected chi connectivity index (χ0v) is 28.6. The predicted octanol–water partition coefficient (Wildman–Crippen LogP) is 4.80. The molecule has 0 fully saturated rings. The molecule has 3 aromatic carbocycles. The lowest BCUT2D eigenvalue weighted by molar-refractivity contribution is -0.127. The van der Waals surface area contributed by atoms with E-state index in [0.717, 1.165) is 27.1 Å². The number of thiazole rings is 1. The summed E-state index contributed by atoms with van der Waals surface area (Å²) < 4.78 is 13.9. The molecular formula is C35H33BrN4O5S. The highest BCUT2D eigenvalue weighted by Crippen LogP contribution is 2.40. The first-order valence-corrected chi connectivity index (χ1v) is 16.5. The van der Waals surface area contributed by atoms with Crippen molar-refractivity contribution in [3.63, 3.8) is 0 Å². The lowest BCUT2D eigenvalue weighted by Crippen LogP contribution is -2.43. The van der Waals surface area contributed by atoms with E-state index in [1.807, 2.05) is 62.4 Å². The number of benzene rings is 3. The SMILES string of the molecule is CCN(CC)C(=O)C1=C(C)N=c2s/c(=C3/C(=O)N(Cc4ccccc4)c4ccc(Br)cc43)c(=O)n2[C@@H]1c1cc(OC)ccc1OC. The van der Waals surface area contributed by atoms with E-state index >= 15 is 0 Å². The topological polar surface area (TPSA) is 93.4 Å². The average molecular weight is 702 g/mol. The first-order valence-electron chi connectivity index (χ1n) is 14.9.